The SMILES string of the molecule is Cn1nccc1[C@@H]1OCC[C@H]1CNC(=O)c1cccc2[nH]ccc12. The average Bonchev–Trinajstić information content (AvgIpc) is 3.31. The molecule has 3 aromatic rings. The molecule has 1 fully saturated rings. The van der Waals surface area contributed by atoms with Crippen LogP contribution < -0.4 is 5.32 Å². The number of aromatic nitrogens is 3. The van der Waals surface area contributed by atoms with Gasteiger partial charge in [-0.25, -0.2) is 0 Å². The van der Waals surface area contributed by atoms with Crippen molar-refractivity contribution in [3.63, 3.8) is 0 Å². The first kappa shape index (κ1) is 15.0. The molecule has 2 atom stereocenters. The Morgan fingerprint density at radius 3 is 3.17 bits per heavy atom. The summed E-state index contributed by atoms with van der Waals surface area (Å²) in [6.07, 6.45) is 4.55. The van der Waals surface area contributed by atoms with Gasteiger partial charge in [-0.1, -0.05) is 6.07 Å². The fourth-order valence-corrected chi connectivity index (χ4v) is 3.44. The number of amides is 1. The topological polar surface area (TPSA) is 71.9 Å². The normalized spacial score (nSPS) is 20.5. The standard InChI is InChI=1S/C18H20N4O2/c1-22-16(6-9-21-22)17-12(7-10-24-17)11-20-18(23)14-3-2-4-15-13(14)5-8-19-15/h2-6,8-9,12,17,19H,7,10-11H2,1H3,(H,20,23)/t12-,17+/m0/s1. The van der Waals surface area contributed by atoms with Gasteiger partial charge in [-0.2, -0.15) is 5.10 Å². The second-order valence-corrected chi connectivity index (χ2v) is 6.17. The lowest BCUT2D eigenvalue weighted by atomic mass is 9.98. The first-order valence-electron chi connectivity index (χ1n) is 8.18. The second kappa shape index (κ2) is 6.13. The van der Waals surface area contributed by atoms with Crippen LogP contribution in [0.5, 0.6) is 0 Å². The Bertz CT molecular complexity index is 867. The van der Waals surface area contributed by atoms with Crippen molar-refractivity contribution in [3.8, 4) is 0 Å². The van der Waals surface area contributed by atoms with Gasteiger partial charge in [0.15, 0.2) is 0 Å². The van der Waals surface area contributed by atoms with Crippen LogP contribution in [0.4, 0.5) is 0 Å². The second-order valence-electron chi connectivity index (χ2n) is 6.17. The number of hydrogen-bond donors (Lipinski definition) is 2. The highest BCUT2D eigenvalue weighted by molar-refractivity contribution is 6.06. The molecule has 1 aliphatic rings. The predicted octanol–water partition coefficient (Wildman–Crippen LogP) is 2.41. The third-order valence-corrected chi connectivity index (χ3v) is 4.73. The van der Waals surface area contributed by atoms with Gasteiger partial charge in [0.1, 0.15) is 6.10 Å². The number of benzene rings is 1. The van der Waals surface area contributed by atoms with Crippen LogP contribution in [0.25, 0.3) is 10.9 Å². The minimum atomic E-state index is -0.0455. The third kappa shape index (κ3) is 2.59. The lowest BCUT2D eigenvalue weighted by Crippen LogP contribution is -2.31. The maximum Gasteiger partial charge on any atom is 0.251 e. The number of aromatic amines is 1. The lowest BCUT2D eigenvalue weighted by Gasteiger charge is -2.19. The van der Waals surface area contributed by atoms with E-state index >= 15 is 0 Å². The summed E-state index contributed by atoms with van der Waals surface area (Å²) in [5.41, 5.74) is 2.73. The zero-order chi connectivity index (χ0) is 16.5. The van der Waals surface area contributed by atoms with Gasteiger partial charge in [-0.3, -0.25) is 9.48 Å². The predicted molar refractivity (Wildman–Crippen MR) is 90.6 cm³/mol. The summed E-state index contributed by atoms with van der Waals surface area (Å²) < 4.78 is 7.71. The van der Waals surface area contributed by atoms with E-state index in [1.165, 1.54) is 0 Å². The van der Waals surface area contributed by atoms with Crippen LogP contribution in [0.15, 0.2) is 42.7 Å². The number of carbonyl (C=O) groups is 1. The highest BCUT2D eigenvalue weighted by Crippen LogP contribution is 2.33. The van der Waals surface area contributed by atoms with Crippen molar-refractivity contribution in [2.45, 2.75) is 12.5 Å². The summed E-state index contributed by atoms with van der Waals surface area (Å²) in [6.45, 7) is 1.30. The molecule has 1 amide bonds. The molecule has 0 unspecified atom stereocenters. The highest BCUT2D eigenvalue weighted by atomic mass is 16.5. The van der Waals surface area contributed by atoms with Crippen molar-refractivity contribution in [1.82, 2.24) is 20.1 Å². The van der Waals surface area contributed by atoms with Gasteiger partial charge in [-0.15, -0.1) is 0 Å². The van der Waals surface area contributed by atoms with Crippen molar-refractivity contribution >= 4 is 16.8 Å². The molecule has 1 saturated heterocycles. The van der Waals surface area contributed by atoms with Crippen molar-refractivity contribution in [3.05, 3.63) is 54.0 Å². The van der Waals surface area contributed by atoms with E-state index in [9.17, 15) is 4.79 Å². The van der Waals surface area contributed by atoms with Gasteiger partial charge >= 0.3 is 0 Å². The summed E-state index contributed by atoms with van der Waals surface area (Å²) in [5, 5.41) is 8.23. The number of carbonyl (C=O) groups excluding carboxylic acids is 1. The summed E-state index contributed by atoms with van der Waals surface area (Å²) in [5.74, 6) is 0.214. The van der Waals surface area contributed by atoms with Crippen LogP contribution in [0.3, 0.4) is 0 Å². The smallest absolute Gasteiger partial charge is 0.251 e. The molecule has 0 bridgehead atoms. The average molecular weight is 324 g/mol. The first-order valence-corrected chi connectivity index (χ1v) is 8.18. The summed E-state index contributed by atoms with van der Waals surface area (Å²) in [7, 11) is 1.92. The van der Waals surface area contributed by atoms with Crippen molar-refractivity contribution in [2.75, 3.05) is 13.2 Å². The quantitative estimate of drug-likeness (QED) is 0.774. The molecule has 0 aliphatic carbocycles. The van der Waals surface area contributed by atoms with Crippen LogP contribution in [0, 0.1) is 5.92 Å². The fraction of sp³-hybridized carbons (Fsp3) is 0.333. The number of fused-ring (bicyclic) bond motifs is 1. The Kier molecular flexibility index (Phi) is 3.82. The highest BCUT2D eigenvalue weighted by Gasteiger charge is 2.31. The van der Waals surface area contributed by atoms with Gasteiger partial charge in [0, 0.05) is 55.0 Å². The molecule has 24 heavy (non-hydrogen) atoms. The van der Waals surface area contributed by atoms with E-state index in [2.05, 4.69) is 15.4 Å². The molecule has 3 heterocycles. The largest absolute Gasteiger partial charge is 0.372 e. The van der Waals surface area contributed by atoms with E-state index in [1.807, 2.05) is 48.3 Å². The van der Waals surface area contributed by atoms with Crippen molar-refractivity contribution in [1.29, 1.82) is 0 Å². The number of ether oxygens (including phenoxy) is 1. The summed E-state index contributed by atoms with van der Waals surface area (Å²) in [6, 6.07) is 9.63. The van der Waals surface area contributed by atoms with Crippen molar-refractivity contribution < 1.29 is 9.53 Å². The van der Waals surface area contributed by atoms with E-state index in [0.29, 0.717) is 18.7 Å². The Morgan fingerprint density at radius 2 is 2.33 bits per heavy atom. The molecule has 0 saturated carbocycles. The van der Waals surface area contributed by atoms with Crippen LogP contribution in [-0.2, 0) is 11.8 Å². The van der Waals surface area contributed by atoms with Crippen LogP contribution in [-0.4, -0.2) is 33.8 Å². The Morgan fingerprint density at radius 1 is 1.42 bits per heavy atom. The zero-order valence-electron chi connectivity index (χ0n) is 13.5. The van der Waals surface area contributed by atoms with Gasteiger partial charge in [0.2, 0.25) is 0 Å². The van der Waals surface area contributed by atoms with Crippen molar-refractivity contribution in [2.24, 2.45) is 13.0 Å². The maximum atomic E-state index is 12.6. The summed E-state index contributed by atoms with van der Waals surface area (Å²) in [4.78, 5) is 15.7. The van der Waals surface area contributed by atoms with E-state index in [0.717, 1.165) is 23.0 Å². The van der Waals surface area contributed by atoms with E-state index < -0.39 is 0 Å². The Hall–Kier alpha value is -2.60. The fourth-order valence-electron chi connectivity index (χ4n) is 3.44. The molecule has 1 aliphatic heterocycles. The molecule has 4 rings (SSSR count). The van der Waals surface area contributed by atoms with Gasteiger partial charge in [0.05, 0.1) is 5.69 Å². The Labute approximate surface area is 139 Å². The maximum absolute atomic E-state index is 12.6. The lowest BCUT2D eigenvalue weighted by molar-refractivity contribution is 0.0801. The van der Waals surface area contributed by atoms with Gasteiger partial charge in [-0.05, 0) is 30.7 Å². The number of aryl methyl sites for hydroxylation is 1. The number of hydrogen-bond acceptors (Lipinski definition) is 3. The minimum Gasteiger partial charge on any atom is -0.372 e. The van der Waals surface area contributed by atoms with E-state index in [-0.39, 0.29) is 17.9 Å². The van der Waals surface area contributed by atoms with Gasteiger partial charge < -0.3 is 15.0 Å². The molecule has 0 spiro atoms. The molecule has 6 nitrogen and oxygen atoms in total. The van der Waals surface area contributed by atoms with Crippen LogP contribution in [0.1, 0.15) is 28.6 Å². The number of nitrogens with one attached hydrogen (secondary N) is 2. The molecular weight excluding hydrogens is 304 g/mol. The van der Waals surface area contributed by atoms with Crippen LogP contribution in [0.2, 0.25) is 0 Å². The molecule has 0 radical (unpaired) electrons. The molecule has 2 N–H and O–H groups in total. The molecule has 1 aromatic carbocycles. The van der Waals surface area contributed by atoms with Crippen LogP contribution >= 0.6 is 0 Å². The van der Waals surface area contributed by atoms with E-state index in [1.54, 1.807) is 6.20 Å². The van der Waals surface area contributed by atoms with E-state index in [4.69, 9.17) is 4.74 Å². The first-order chi connectivity index (χ1) is 11.7. The molecule has 6 heteroatoms. The van der Waals surface area contributed by atoms with Gasteiger partial charge in [0.25, 0.3) is 5.91 Å². The molecular formula is C18H20N4O2. The number of nitrogens with zero attached hydrogens (tertiary/aromatic N) is 2. The Balaban J connectivity index is 1.47. The number of H-pyrrole nitrogens is 1. The zero-order valence-corrected chi connectivity index (χ0v) is 13.5. The molecule has 2 aromatic heterocycles. The monoisotopic (exact) mass is 324 g/mol. The third-order valence-electron chi connectivity index (χ3n) is 4.73. The molecule has 124 valence electrons. The summed E-state index contributed by atoms with van der Waals surface area (Å²) >= 11 is 0. The minimum absolute atomic E-state index is 0.0131. The number of rotatable bonds is 4.